The minimum Gasteiger partial charge on any atom is -0.493 e. The fourth-order valence-corrected chi connectivity index (χ4v) is 7.68. The number of aliphatic hydroxyl groups is 1. The number of rotatable bonds is 15. The normalized spacial score (nSPS) is 14.6. The summed E-state index contributed by atoms with van der Waals surface area (Å²) in [6.45, 7) is 8.60. The molecule has 5 heterocycles. The molecule has 2 atom stereocenters. The number of nitrogens with one attached hydrogen (secondary N) is 2. The van der Waals surface area contributed by atoms with Gasteiger partial charge in [-0.1, -0.05) is 24.3 Å². The van der Waals surface area contributed by atoms with Gasteiger partial charge in [0.25, 0.3) is 11.8 Å². The Bertz CT molecular complexity index is 2400. The van der Waals surface area contributed by atoms with Crippen LogP contribution in [0.25, 0.3) is 22.3 Å². The van der Waals surface area contributed by atoms with E-state index in [0.717, 1.165) is 48.3 Å². The van der Waals surface area contributed by atoms with Crippen LogP contribution in [0.3, 0.4) is 0 Å². The number of benzene rings is 2. The number of aromatic nitrogens is 4. The molecule has 2 amide bonds. The molecular weight excluding hydrogens is 812 g/mol. The summed E-state index contributed by atoms with van der Waals surface area (Å²) in [6.07, 6.45) is -4.33. The molecule has 3 N–H and O–H groups in total. The molecule has 1 saturated heterocycles. The number of carbonyl (C=O) groups excluding carboxylic acids is 2. The van der Waals surface area contributed by atoms with Crippen LogP contribution < -0.4 is 15.4 Å². The molecule has 0 aliphatic carbocycles. The molecule has 14 nitrogen and oxygen atoms in total. The fraction of sp³-hybridized carbons (Fsp3) is 0.350. The predicted octanol–water partition coefficient (Wildman–Crippen LogP) is 7.55. The van der Waals surface area contributed by atoms with Crippen LogP contribution in [0, 0.1) is 6.92 Å². The Morgan fingerprint density at radius 1 is 0.864 bits per heavy atom. The van der Waals surface area contributed by atoms with Gasteiger partial charge in [0.1, 0.15) is 28.9 Å². The molecule has 4 aromatic heterocycles. The molecule has 59 heavy (non-hydrogen) atoms. The van der Waals surface area contributed by atoms with Gasteiger partial charge in [0.15, 0.2) is 11.5 Å². The zero-order chi connectivity index (χ0) is 41.7. The number of amides is 2. The molecular formula is C40H40F3N7O7S2. The van der Waals surface area contributed by atoms with Gasteiger partial charge in [-0.05, 0) is 68.3 Å². The van der Waals surface area contributed by atoms with Gasteiger partial charge in [0.2, 0.25) is 10.3 Å². The third kappa shape index (κ3) is 10.6. The van der Waals surface area contributed by atoms with E-state index in [4.69, 9.17) is 18.3 Å². The number of morpholine rings is 1. The van der Waals surface area contributed by atoms with Gasteiger partial charge in [-0.25, -0.2) is 9.97 Å². The van der Waals surface area contributed by atoms with E-state index in [9.17, 15) is 27.9 Å². The molecule has 0 radical (unpaired) electrons. The molecule has 1 aliphatic rings. The number of anilines is 2. The first-order valence-corrected chi connectivity index (χ1v) is 20.3. The average molecular weight is 852 g/mol. The Kier molecular flexibility index (Phi) is 12.9. The first-order chi connectivity index (χ1) is 28.3. The van der Waals surface area contributed by atoms with Gasteiger partial charge in [-0.15, -0.1) is 0 Å². The highest BCUT2D eigenvalue weighted by Crippen LogP contribution is 2.35. The maximum absolute atomic E-state index is 13.7. The van der Waals surface area contributed by atoms with Crippen LogP contribution in [0.4, 0.5) is 23.4 Å². The average Bonchev–Trinajstić information content (AvgIpc) is 4.03. The number of aliphatic hydroxyl groups excluding tert-OH is 1. The van der Waals surface area contributed by atoms with Crippen LogP contribution in [0.15, 0.2) is 69.5 Å². The molecule has 0 bridgehead atoms. The van der Waals surface area contributed by atoms with Crippen molar-refractivity contribution in [2.75, 3.05) is 43.5 Å². The van der Waals surface area contributed by atoms with E-state index in [2.05, 4.69) is 41.2 Å². The molecule has 1 aliphatic heterocycles. The molecule has 6 aromatic rings. The summed E-state index contributed by atoms with van der Waals surface area (Å²) in [6, 6.07) is 15.1. The van der Waals surface area contributed by atoms with Crippen LogP contribution >= 0.6 is 23.1 Å². The van der Waals surface area contributed by atoms with Gasteiger partial charge >= 0.3 is 6.18 Å². The van der Waals surface area contributed by atoms with Crippen molar-refractivity contribution in [1.29, 1.82) is 0 Å². The topological polar surface area (TPSA) is 178 Å². The smallest absolute Gasteiger partial charge is 0.416 e. The Hall–Kier alpha value is -5.47. The van der Waals surface area contributed by atoms with Gasteiger partial charge in [0.05, 0.1) is 31.5 Å². The zero-order valence-electron chi connectivity index (χ0n) is 32.2. The number of hydrogen-bond donors (Lipinski definition) is 3. The van der Waals surface area contributed by atoms with Gasteiger partial charge < -0.3 is 23.4 Å². The summed E-state index contributed by atoms with van der Waals surface area (Å²) in [5, 5.41) is 15.6. The van der Waals surface area contributed by atoms with E-state index in [1.807, 2.05) is 6.07 Å². The quantitative estimate of drug-likeness (QED) is 0.0926. The molecule has 7 rings (SSSR count). The van der Waals surface area contributed by atoms with Crippen molar-refractivity contribution in [3.8, 4) is 28.0 Å². The van der Waals surface area contributed by atoms with E-state index in [0.29, 0.717) is 59.1 Å². The molecule has 19 heteroatoms. The third-order valence-electron chi connectivity index (χ3n) is 9.42. The fourth-order valence-electron chi connectivity index (χ4n) is 6.50. The number of ether oxygens (including phenoxy) is 2. The van der Waals surface area contributed by atoms with E-state index in [-0.39, 0.29) is 59.0 Å². The number of alkyl halides is 3. The first kappa shape index (κ1) is 41.7. The molecule has 2 aromatic carbocycles. The number of carbonyl (C=O) groups is 2. The van der Waals surface area contributed by atoms with E-state index in [1.165, 1.54) is 18.2 Å². The van der Waals surface area contributed by atoms with Crippen LogP contribution in [0.5, 0.6) is 5.75 Å². The highest BCUT2D eigenvalue weighted by molar-refractivity contribution is 7.10. The second kappa shape index (κ2) is 18.2. The number of aryl methyl sites for hydroxylation is 1. The number of furan rings is 2. The molecule has 2 unspecified atom stereocenters. The van der Waals surface area contributed by atoms with Crippen molar-refractivity contribution < 1.29 is 46.2 Å². The van der Waals surface area contributed by atoms with Crippen LogP contribution in [0.2, 0.25) is 0 Å². The lowest BCUT2D eigenvalue weighted by Gasteiger charge is -2.31. The van der Waals surface area contributed by atoms with Gasteiger partial charge in [-0.3, -0.25) is 25.1 Å². The highest BCUT2D eigenvalue weighted by atomic mass is 32.1. The van der Waals surface area contributed by atoms with Crippen molar-refractivity contribution >= 4 is 45.1 Å². The van der Waals surface area contributed by atoms with Gasteiger partial charge in [0, 0.05) is 72.6 Å². The van der Waals surface area contributed by atoms with E-state index in [1.54, 1.807) is 38.1 Å². The lowest BCUT2D eigenvalue weighted by atomic mass is 10.0. The second-order valence-electron chi connectivity index (χ2n) is 13.9. The largest absolute Gasteiger partial charge is 0.493 e. The van der Waals surface area contributed by atoms with Crippen molar-refractivity contribution in [2.45, 2.75) is 58.4 Å². The Morgan fingerprint density at radius 2 is 1.47 bits per heavy atom. The maximum Gasteiger partial charge on any atom is 0.416 e. The summed E-state index contributed by atoms with van der Waals surface area (Å²) in [7, 11) is 0. The SMILES string of the molecule is Cc1oc(C(=O)Nc2nc(CC(C)N3CCOCC3)ns2)cc1-c1cccc(OCCc2oc(C(=O)Nc3nc(CC(C)O)ns3)cc2-c2cccc(C(F)(F)F)c2)c1. The van der Waals surface area contributed by atoms with E-state index >= 15 is 0 Å². The molecule has 1 fully saturated rings. The summed E-state index contributed by atoms with van der Waals surface area (Å²) in [4.78, 5) is 37.4. The summed E-state index contributed by atoms with van der Waals surface area (Å²) in [5.74, 6) is 0.995. The summed E-state index contributed by atoms with van der Waals surface area (Å²) >= 11 is 2.03. The summed E-state index contributed by atoms with van der Waals surface area (Å²) in [5.41, 5.74) is 1.02. The number of hydrogen-bond acceptors (Lipinski definition) is 14. The van der Waals surface area contributed by atoms with Crippen LogP contribution in [-0.2, 0) is 30.2 Å². The van der Waals surface area contributed by atoms with Crippen molar-refractivity contribution in [3.05, 3.63) is 101 Å². The maximum atomic E-state index is 13.7. The minimum absolute atomic E-state index is 0.0379. The molecule has 310 valence electrons. The van der Waals surface area contributed by atoms with Crippen LogP contribution in [-0.4, -0.2) is 85.6 Å². The molecule has 0 saturated carbocycles. The Morgan fingerprint density at radius 3 is 2.14 bits per heavy atom. The second-order valence-corrected chi connectivity index (χ2v) is 15.4. The monoisotopic (exact) mass is 851 g/mol. The first-order valence-electron chi connectivity index (χ1n) is 18.7. The van der Waals surface area contributed by atoms with E-state index < -0.39 is 29.7 Å². The third-order valence-corrected chi connectivity index (χ3v) is 10.8. The number of nitrogens with zero attached hydrogens (tertiary/aromatic N) is 5. The van der Waals surface area contributed by atoms with Crippen molar-refractivity contribution in [2.24, 2.45) is 0 Å². The standard InChI is InChI=1S/C40H40F3N7O7S2/c1-22(50-11-14-54-15-12-50)16-34-44-38(58-48-34)46-36(52)32-20-29(24(3)56-32)26-7-5-9-28(19-26)55-13-10-31-30(25-6-4-8-27(18-25)40(41,42)43)21-33(57-31)37(53)47-39-45-35(49-59-39)17-23(2)51/h4-9,18-23,51H,10-17H2,1-3H3,(H,44,46,48,52)(H,45,47,49,53). The number of halogens is 3. The van der Waals surface area contributed by atoms with Crippen molar-refractivity contribution in [3.63, 3.8) is 0 Å². The zero-order valence-corrected chi connectivity index (χ0v) is 33.8. The lowest BCUT2D eigenvalue weighted by molar-refractivity contribution is -0.137. The van der Waals surface area contributed by atoms with Gasteiger partial charge in [-0.2, -0.15) is 21.9 Å². The highest BCUT2D eigenvalue weighted by Gasteiger charge is 2.31. The predicted molar refractivity (Wildman–Crippen MR) is 214 cm³/mol. The molecule has 0 spiro atoms. The van der Waals surface area contributed by atoms with Crippen LogP contribution in [0.1, 0.15) is 63.7 Å². The summed E-state index contributed by atoms with van der Waals surface area (Å²) < 4.78 is 72.8. The Labute approximate surface area is 344 Å². The van der Waals surface area contributed by atoms with Crippen molar-refractivity contribution in [1.82, 2.24) is 23.6 Å². The lowest BCUT2D eigenvalue weighted by Crippen LogP contribution is -2.43. The Balaban J connectivity index is 1.02. The minimum atomic E-state index is -4.58.